The fraction of sp³-hybridized carbons (Fsp3) is 0.500. The van der Waals surface area contributed by atoms with Crippen molar-refractivity contribution in [1.29, 1.82) is 0 Å². The summed E-state index contributed by atoms with van der Waals surface area (Å²) in [5.41, 5.74) is 1.44. The largest absolute Gasteiger partial charge is 0.494 e. The van der Waals surface area contributed by atoms with E-state index in [1.165, 1.54) is 12.7 Å². The van der Waals surface area contributed by atoms with Crippen molar-refractivity contribution in [1.82, 2.24) is 14.9 Å². The highest BCUT2D eigenvalue weighted by Crippen LogP contribution is 2.25. The Morgan fingerprint density at radius 2 is 1.80 bits per heavy atom. The van der Waals surface area contributed by atoms with Gasteiger partial charge in [-0.05, 0) is 50.5 Å². The molecule has 1 aromatic heterocycles. The van der Waals surface area contributed by atoms with E-state index >= 15 is 0 Å². The van der Waals surface area contributed by atoms with E-state index in [4.69, 9.17) is 14.2 Å². The smallest absolute Gasteiger partial charge is 0.356 e. The predicted octanol–water partition coefficient (Wildman–Crippen LogP) is 3.14. The first-order valence-corrected chi connectivity index (χ1v) is 10.4. The predicted molar refractivity (Wildman–Crippen MR) is 114 cm³/mol. The Labute approximate surface area is 177 Å². The van der Waals surface area contributed by atoms with Crippen molar-refractivity contribution in [3.63, 3.8) is 0 Å². The number of likely N-dealkylation sites (tertiary alicyclic amines) is 1. The Kier molecular flexibility index (Phi) is 7.84. The Hall–Kier alpha value is -2.87. The van der Waals surface area contributed by atoms with Gasteiger partial charge in [-0.25, -0.2) is 14.8 Å². The summed E-state index contributed by atoms with van der Waals surface area (Å²) in [4.78, 5) is 22.5. The topological polar surface area (TPSA) is 85.8 Å². The molecule has 1 aliphatic rings. The standard InChI is InChI=1S/C22H30N4O4/c1-4-29-18-12-16(13-19(14-18)30-5-2)15-26-10-7-17(8-11-26)24-22-23-9-6-20(25-22)21(27)28-3/h6,9,12-14,17H,4-5,7-8,10-11,15H2,1-3H3,(H,23,24,25). The number of aromatic nitrogens is 2. The van der Waals surface area contributed by atoms with Gasteiger partial charge in [0.25, 0.3) is 0 Å². The lowest BCUT2D eigenvalue weighted by molar-refractivity contribution is 0.0594. The highest BCUT2D eigenvalue weighted by molar-refractivity contribution is 5.87. The summed E-state index contributed by atoms with van der Waals surface area (Å²) >= 11 is 0. The lowest BCUT2D eigenvalue weighted by atomic mass is 10.0. The maximum absolute atomic E-state index is 11.6. The average Bonchev–Trinajstić information content (AvgIpc) is 2.75. The molecule has 1 aliphatic heterocycles. The normalized spacial score (nSPS) is 14.9. The first-order chi connectivity index (χ1) is 14.6. The third-order valence-corrected chi connectivity index (χ3v) is 4.94. The molecule has 3 rings (SSSR count). The minimum atomic E-state index is -0.462. The van der Waals surface area contributed by atoms with E-state index in [-0.39, 0.29) is 11.7 Å². The van der Waals surface area contributed by atoms with Crippen LogP contribution in [0.4, 0.5) is 5.95 Å². The third-order valence-electron chi connectivity index (χ3n) is 4.94. The van der Waals surface area contributed by atoms with Gasteiger partial charge in [0.1, 0.15) is 11.5 Å². The van der Waals surface area contributed by atoms with Gasteiger partial charge in [-0.1, -0.05) is 0 Å². The van der Waals surface area contributed by atoms with Gasteiger partial charge in [0, 0.05) is 37.9 Å². The fourth-order valence-corrected chi connectivity index (χ4v) is 3.54. The molecule has 1 aromatic carbocycles. The number of rotatable bonds is 9. The summed E-state index contributed by atoms with van der Waals surface area (Å²) in [5, 5.41) is 3.34. The zero-order valence-corrected chi connectivity index (χ0v) is 17.9. The van der Waals surface area contributed by atoms with Crippen molar-refractivity contribution < 1.29 is 19.0 Å². The van der Waals surface area contributed by atoms with E-state index in [1.54, 1.807) is 12.3 Å². The van der Waals surface area contributed by atoms with E-state index in [0.29, 0.717) is 19.2 Å². The molecule has 1 N–H and O–H groups in total. The van der Waals surface area contributed by atoms with Gasteiger partial charge in [-0.15, -0.1) is 0 Å². The van der Waals surface area contributed by atoms with Gasteiger partial charge >= 0.3 is 5.97 Å². The van der Waals surface area contributed by atoms with Crippen LogP contribution in [0.25, 0.3) is 0 Å². The zero-order chi connectivity index (χ0) is 21.3. The number of hydrogen-bond donors (Lipinski definition) is 1. The lowest BCUT2D eigenvalue weighted by Crippen LogP contribution is -2.39. The number of nitrogens with zero attached hydrogens (tertiary/aromatic N) is 3. The molecule has 0 unspecified atom stereocenters. The maximum Gasteiger partial charge on any atom is 0.356 e. The minimum Gasteiger partial charge on any atom is -0.494 e. The first-order valence-electron chi connectivity index (χ1n) is 10.4. The van der Waals surface area contributed by atoms with Crippen molar-refractivity contribution in [2.45, 2.75) is 39.3 Å². The monoisotopic (exact) mass is 414 g/mol. The van der Waals surface area contributed by atoms with Crippen LogP contribution in [0.15, 0.2) is 30.5 Å². The number of esters is 1. The molecular formula is C22H30N4O4. The molecule has 1 fully saturated rings. The van der Waals surface area contributed by atoms with Gasteiger partial charge in [-0.2, -0.15) is 0 Å². The molecule has 0 radical (unpaired) electrons. The van der Waals surface area contributed by atoms with E-state index in [1.807, 2.05) is 19.9 Å². The molecule has 0 bridgehead atoms. The molecular weight excluding hydrogens is 384 g/mol. The molecule has 0 atom stereocenters. The number of ether oxygens (including phenoxy) is 3. The van der Waals surface area contributed by atoms with Crippen LogP contribution >= 0.6 is 0 Å². The Balaban J connectivity index is 1.55. The summed E-state index contributed by atoms with van der Waals surface area (Å²) in [6, 6.07) is 7.93. The number of benzene rings is 1. The summed E-state index contributed by atoms with van der Waals surface area (Å²) in [6.07, 6.45) is 3.50. The summed E-state index contributed by atoms with van der Waals surface area (Å²) < 4.78 is 16.1. The van der Waals surface area contributed by atoms with Crippen LogP contribution < -0.4 is 14.8 Å². The van der Waals surface area contributed by atoms with Crippen molar-refractivity contribution in [2.75, 3.05) is 38.7 Å². The number of methoxy groups -OCH3 is 1. The average molecular weight is 415 g/mol. The second-order valence-corrected chi connectivity index (χ2v) is 7.13. The van der Waals surface area contributed by atoms with Gasteiger partial charge in [-0.3, -0.25) is 4.90 Å². The molecule has 8 nitrogen and oxygen atoms in total. The van der Waals surface area contributed by atoms with Crippen LogP contribution in [0.3, 0.4) is 0 Å². The van der Waals surface area contributed by atoms with Crippen molar-refractivity contribution in [3.8, 4) is 11.5 Å². The number of nitrogens with one attached hydrogen (secondary N) is 1. The van der Waals surface area contributed by atoms with Crippen LogP contribution in [-0.2, 0) is 11.3 Å². The summed E-state index contributed by atoms with van der Waals surface area (Å²) in [6.45, 7) is 7.98. The Bertz CT molecular complexity index is 813. The Morgan fingerprint density at radius 1 is 1.13 bits per heavy atom. The number of carbonyl (C=O) groups is 1. The minimum absolute atomic E-state index is 0.256. The van der Waals surface area contributed by atoms with Crippen molar-refractivity contribution in [2.24, 2.45) is 0 Å². The van der Waals surface area contributed by atoms with Crippen molar-refractivity contribution in [3.05, 3.63) is 41.7 Å². The molecule has 1 saturated heterocycles. The number of anilines is 1. The molecule has 0 spiro atoms. The SMILES string of the molecule is CCOc1cc(CN2CCC(Nc3nccc(C(=O)OC)n3)CC2)cc(OCC)c1. The third kappa shape index (κ3) is 6.06. The van der Waals surface area contributed by atoms with Gasteiger partial charge in [0.15, 0.2) is 5.69 Å². The number of carbonyl (C=O) groups excluding carboxylic acids is 1. The number of piperidine rings is 1. The van der Waals surface area contributed by atoms with Crippen LogP contribution in [0, 0.1) is 0 Å². The molecule has 0 aliphatic carbocycles. The molecule has 30 heavy (non-hydrogen) atoms. The van der Waals surface area contributed by atoms with Gasteiger partial charge < -0.3 is 19.5 Å². The molecule has 162 valence electrons. The fourth-order valence-electron chi connectivity index (χ4n) is 3.54. The summed E-state index contributed by atoms with van der Waals surface area (Å²) in [7, 11) is 1.34. The highest BCUT2D eigenvalue weighted by Gasteiger charge is 2.21. The maximum atomic E-state index is 11.6. The molecule has 0 saturated carbocycles. The van der Waals surface area contributed by atoms with Crippen molar-refractivity contribution >= 4 is 11.9 Å². The van der Waals surface area contributed by atoms with Crippen LogP contribution in [0.1, 0.15) is 42.7 Å². The molecule has 2 heterocycles. The van der Waals surface area contributed by atoms with Gasteiger partial charge in [0.05, 0.1) is 20.3 Å². The van der Waals surface area contributed by atoms with Crippen LogP contribution in [-0.4, -0.2) is 60.3 Å². The Morgan fingerprint density at radius 3 is 2.40 bits per heavy atom. The highest BCUT2D eigenvalue weighted by atomic mass is 16.5. The van der Waals surface area contributed by atoms with E-state index in [0.717, 1.165) is 44.0 Å². The lowest BCUT2D eigenvalue weighted by Gasteiger charge is -2.32. The van der Waals surface area contributed by atoms with Gasteiger partial charge in [0.2, 0.25) is 5.95 Å². The molecule has 8 heteroatoms. The second kappa shape index (κ2) is 10.8. The van der Waals surface area contributed by atoms with Crippen LogP contribution in [0.5, 0.6) is 11.5 Å². The number of hydrogen-bond acceptors (Lipinski definition) is 8. The molecule has 2 aromatic rings. The zero-order valence-electron chi connectivity index (χ0n) is 17.9. The molecule has 0 amide bonds. The van der Waals surface area contributed by atoms with E-state index < -0.39 is 5.97 Å². The summed E-state index contributed by atoms with van der Waals surface area (Å²) in [5.74, 6) is 1.69. The quantitative estimate of drug-likeness (QED) is 0.627. The second-order valence-electron chi connectivity index (χ2n) is 7.13. The van der Waals surface area contributed by atoms with E-state index in [9.17, 15) is 4.79 Å². The van der Waals surface area contributed by atoms with E-state index in [2.05, 4.69) is 32.3 Å². The first kappa shape index (κ1) is 21.8. The van der Waals surface area contributed by atoms with Crippen LogP contribution in [0.2, 0.25) is 0 Å².